The second-order valence-electron chi connectivity index (χ2n) is 3.68. The van der Waals surface area contributed by atoms with Gasteiger partial charge in [0.2, 0.25) is 11.9 Å². The molecule has 88 valence electrons. The first-order valence-corrected chi connectivity index (χ1v) is 5.44. The molecule has 4 N–H and O–H groups in total. The van der Waals surface area contributed by atoms with E-state index >= 15 is 0 Å². The highest BCUT2D eigenvalue weighted by Gasteiger charge is 2.22. The normalized spacial score (nSPS) is 14.6. The summed E-state index contributed by atoms with van der Waals surface area (Å²) in [6.07, 6.45) is 3.22. The first-order chi connectivity index (χ1) is 7.81. The van der Waals surface area contributed by atoms with Crippen LogP contribution in [0.15, 0.2) is 0 Å². The van der Waals surface area contributed by atoms with Crippen molar-refractivity contribution >= 4 is 11.9 Å². The van der Waals surface area contributed by atoms with Gasteiger partial charge in [-0.05, 0) is 19.3 Å². The number of nitrogens with zero attached hydrogens (tertiary/aromatic N) is 3. The van der Waals surface area contributed by atoms with Crippen LogP contribution in [0.25, 0.3) is 0 Å². The molecule has 0 aliphatic heterocycles. The Labute approximate surface area is 93.8 Å². The highest BCUT2D eigenvalue weighted by molar-refractivity contribution is 5.36. The first-order valence-electron chi connectivity index (χ1n) is 5.44. The smallest absolute Gasteiger partial charge is 0.323 e. The molecule has 1 saturated carbocycles. The number of hydrogen-bond acceptors (Lipinski definition) is 7. The molecule has 1 fully saturated rings. The minimum absolute atomic E-state index is 0.299. The highest BCUT2D eigenvalue weighted by atomic mass is 16.5. The molecule has 1 aliphatic rings. The predicted molar refractivity (Wildman–Crippen MR) is 60.1 cm³/mol. The van der Waals surface area contributed by atoms with Gasteiger partial charge < -0.3 is 10.1 Å². The molecule has 2 rings (SSSR count). The Morgan fingerprint density at radius 1 is 1.31 bits per heavy atom. The van der Waals surface area contributed by atoms with Crippen molar-refractivity contribution in [3.05, 3.63) is 0 Å². The molecule has 0 spiro atoms. The van der Waals surface area contributed by atoms with E-state index in [1.807, 2.05) is 6.92 Å². The molecule has 0 unspecified atom stereocenters. The molecule has 16 heavy (non-hydrogen) atoms. The van der Waals surface area contributed by atoms with E-state index in [9.17, 15) is 0 Å². The number of ether oxygens (including phenoxy) is 1. The molecule has 0 aromatic carbocycles. The van der Waals surface area contributed by atoms with E-state index in [4.69, 9.17) is 10.6 Å². The van der Waals surface area contributed by atoms with E-state index in [-0.39, 0.29) is 0 Å². The predicted octanol–water partition coefficient (Wildman–Crippen LogP) is 0.520. The molecule has 1 aliphatic carbocycles. The van der Waals surface area contributed by atoms with Crippen LogP contribution in [0.3, 0.4) is 0 Å². The Hall–Kier alpha value is -1.63. The molecule has 0 atom stereocenters. The van der Waals surface area contributed by atoms with E-state index in [1.165, 1.54) is 0 Å². The standard InChI is InChI=1S/C9H16N6O/c1-2-5-16-9-13-7(11-6-3-4-6)12-8(14-9)15-10/h6H,2-5,10H2,1H3,(H2,11,12,13,14,15). The average Bonchev–Trinajstić information content (AvgIpc) is 3.10. The van der Waals surface area contributed by atoms with Gasteiger partial charge in [0.05, 0.1) is 6.61 Å². The number of hydrogen-bond donors (Lipinski definition) is 3. The monoisotopic (exact) mass is 224 g/mol. The zero-order valence-electron chi connectivity index (χ0n) is 9.23. The summed E-state index contributed by atoms with van der Waals surface area (Å²) in [7, 11) is 0. The summed E-state index contributed by atoms with van der Waals surface area (Å²) >= 11 is 0. The summed E-state index contributed by atoms with van der Waals surface area (Å²) in [5, 5.41) is 3.17. The van der Waals surface area contributed by atoms with Crippen molar-refractivity contribution in [1.29, 1.82) is 0 Å². The molecule has 0 amide bonds. The number of aromatic nitrogens is 3. The molecule has 0 bridgehead atoms. The van der Waals surface area contributed by atoms with Gasteiger partial charge in [0, 0.05) is 6.04 Å². The van der Waals surface area contributed by atoms with Crippen molar-refractivity contribution in [1.82, 2.24) is 15.0 Å². The maximum Gasteiger partial charge on any atom is 0.323 e. The Morgan fingerprint density at radius 3 is 2.69 bits per heavy atom. The van der Waals surface area contributed by atoms with E-state index < -0.39 is 0 Å². The number of rotatable bonds is 6. The summed E-state index contributed by atoms with van der Waals surface area (Å²) < 4.78 is 5.34. The molecular weight excluding hydrogens is 208 g/mol. The topological polar surface area (TPSA) is 98.0 Å². The van der Waals surface area contributed by atoms with Gasteiger partial charge in [-0.1, -0.05) is 6.92 Å². The number of anilines is 2. The lowest BCUT2D eigenvalue weighted by atomic mass is 10.5. The summed E-state index contributed by atoms with van der Waals surface area (Å²) in [5.74, 6) is 6.10. The fraction of sp³-hybridized carbons (Fsp3) is 0.667. The van der Waals surface area contributed by atoms with Crippen molar-refractivity contribution in [2.24, 2.45) is 5.84 Å². The van der Waals surface area contributed by atoms with E-state index in [1.54, 1.807) is 0 Å². The van der Waals surface area contributed by atoms with Gasteiger partial charge in [0.15, 0.2) is 0 Å². The molecular formula is C9H16N6O. The molecule has 0 radical (unpaired) electrons. The van der Waals surface area contributed by atoms with Gasteiger partial charge in [-0.3, -0.25) is 5.43 Å². The van der Waals surface area contributed by atoms with Gasteiger partial charge in [0.25, 0.3) is 0 Å². The van der Waals surface area contributed by atoms with Gasteiger partial charge >= 0.3 is 6.01 Å². The lowest BCUT2D eigenvalue weighted by Gasteiger charge is -2.07. The van der Waals surface area contributed by atoms with E-state index in [2.05, 4.69) is 25.7 Å². The Kier molecular flexibility index (Phi) is 3.35. The van der Waals surface area contributed by atoms with Crippen LogP contribution in [0, 0.1) is 0 Å². The lowest BCUT2D eigenvalue weighted by molar-refractivity contribution is 0.292. The maximum atomic E-state index is 5.34. The summed E-state index contributed by atoms with van der Waals surface area (Å²) in [5.41, 5.74) is 2.40. The van der Waals surface area contributed by atoms with Crippen LogP contribution >= 0.6 is 0 Å². The third kappa shape index (κ3) is 2.93. The summed E-state index contributed by atoms with van der Waals surface area (Å²) in [6.45, 7) is 2.60. The van der Waals surface area contributed by atoms with Crippen LogP contribution in [0.1, 0.15) is 26.2 Å². The lowest BCUT2D eigenvalue weighted by Crippen LogP contribution is -2.15. The minimum atomic E-state index is 0.299. The number of nitrogens with two attached hydrogens (primary N) is 1. The van der Waals surface area contributed by atoms with Gasteiger partial charge in [0.1, 0.15) is 0 Å². The summed E-state index contributed by atoms with van der Waals surface area (Å²) in [6, 6.07) is 0.778. The molecule has 1 aromatic heterocycles. The van der Waals surface area contributed by atoms with Gasteiger partial charge in [-0.15, -0.1) is 0 Å². The van der Waals surface area contributed by atoms with Crippen molar-refractivity contribution in [2.75, 3.05) is 17.3 Å². The molecule has 1 heterocycles. The molecule has 1 aromatic rings. The third-order valence-electron chi connectivity index (χ3n) is 2.09. The quantitative estimate of drug-likeness (QED) is 0.478. The number of nitrogen functional groups attached to an aromatic ring is 1. The van der Waals surface area contributed by atoms with Gasteiger partial charge in [-0.2, -0.15) is 15.0 Å². The zero-order valence-corrected chi connectivity index (χ0v) is 9.23. The van der Waals surface area contributed by atoms with Crippen LogP contribution in [-0.2, 0) is 0 Å². The second-order valence-corrected chi connectivity index (χ2v) is 3.68. The van der Waals surface area contributed by atoms with Crippen LogP contribution in [-0.4, -0.2) is 27.6 Å². The first kappa shape index (κ1) is 10.9. The van der Waals surface area contributed by atoms with Crippen LogP contribution < -0.4 is 21.3 Å². The van der Waals surface area contributed by atoms with Crippen molar-refractivity contribution in [3.63, 3.8) is 0 Å². The van der Waals surface area contributed by atoms with Crippen molar-refractivity contribution < 1.29 is 4.74 Å². The van der Waals surface area contributed by atoms with Crippen LogP contribution in [0.5, 0.6) is 6.01 Å². The number of nitrogens with one attached hydrogen (secondary N) is 2. The SMILES string of the molecule is CCCOc1nc(NN)nc(NC2CC2)n1. The minimum Gasteiger partial charge on any atom is -0.463 e. The Bertz CT molecular complexity index is 354. The third-order valence-corrected chi connectivity index (χ3v) is 2.09. The Morgan fingerprint density at radius 2 is 2.06 bits per heavy atom. The van der Waals surface area contributed by atoms with Crippen LogP contribution in [0.2, 0.25) is 0 Å². The molecule has 7 heteroatoms. The van der Waals surface area contributed by atoms with Crippen molar-refractivity contribution in [2.45, 2.75) is 32.2 Å². The highest BCUT2D eigenvalue weighted by Crippen LogP contribution is 2.23. The second kappa shape index (κ2) is 4.93. The Balaban J connectivity index is 2.09. The van der Waals surface area contributed by atoms with Crippen LogP contribution in [0.4, 0.5) is 11.9 Å². The molecule has 7 nitrogen and oxygen atoms in total. The fourth-order valence-corrected chi connectivity index (χ4v) is 1.15. The maximum absolute atomic E-state index is 5.34. The van der Waals surface area contributed by atoms with E-state index in [0.717, 1.165) is 19.3 Å². The van der Waals surface area contributed by atoms with Gasteiger partial charge in [-0.25, -0.2) is 5.84 Å². The van der Waals surface area contributed by atoms with Crippen molar-refractivity contribution in [3.8, 4) is 6.01 Å². The average molecular weight is 224 g/mol. The van der Waals surface area contributed by atoms with E-state index in [0.29, 0.717) is 30.6 Å². The molecule has 0 saturated heterocycles. The summed E-state index contributed by atoms with van der Waals surface area (Å²) in [4.78, 5) is 12.2. The fourth-order valence-electron chi connectivity index (χ4n) is 1.15. The number of hydrazine groups is 1. The zero-order chi connectivity index (χ0) is 11.4. The largest absolute Gasteiger partial charge is 0.463 e.